The average Bonchev–Trinajstić information content (AvgIpc) is 2.47. The number of carbonyl (C=O) groups is 1. The Kier molecular flexibility index (Phi) is 4.97. The van der Waals surface area contributed by atoms with Gasteiger partial charge in [-0.1, -0.05) is 30.3 Å². The summed E-state index contributed by atoms with van der Waals surface area (Å²) in [6, 6.07) is 8.78. The van der Waals surface area contributed by atoms with Crippen LogP contribution in [0.2, 0.25) is 0 Å². The molecule has 0 aliphatic carbocycles. The van der Waals surface area contributed by atoms with Crippen molar-refractivity contribution in [2.24, 2.45) is 5.73 Å². The van der Waals surface area contributed by atoms with E-state index in [0.29, 0.717) is 26.2 Å². The lowest BCUT2D eigenvalue weighted by molar-refractivity contribution is -0.123. The fraction of sp³-hybridized carbons (Fsp3) is 0.500. The third kappa shape index (κ3) is 4.03. The lowest BCUT2D eigenvalue weighted by Crippen LogP contribution is -2.54. The van der Waals surface area contributed by atoms with Gasteiger partial charge in [-0.2, -0.15) is 4.31 Å². The number of primary amides is 1. The smallest absolute Gasteiger partial charge is 0.234 e. The third-order valence-electron chi connectivity index (χ3n) is 3.82. The molecule has 1 amide bonds. The molecule has 1 saturated heterocycles. The number of carbonyl (C=O) groups excluding carboxylic acids is 1. The molecule has 1 aromatic carbocycles. The average molecular weight is 311 g/mol. The lowest BCUT2D eigenvalue weighted by atomic mass is 10.2. The summed E-state index contributed by atoms with van der Waals surface area (Å²) in [7, 11) is -3.32. The van der Waals surface area contributed by atoms with Crippen LogP contribution >= 0.6 is 0 Å². The first kappa shape index (κ1) is 15.9. The SMILES string of the molecule is C[C@@H](C(N)=O)N1CCN(S(=O)(=O)Cc2ccccc2)CC1. The predicted molar refractivity (Wildman–Crippen MR) is 80.9 cm³/mol. The van der Waals surface area contributed by atoms with Gasteiger partial charge in [0.2, 0.25) is 15.9 Å². The Morgan fingerprint density at radius 2 is 1.76 bits per heavy atom. The quantitative estimate of drug-likeness (QED) is 0.830. The van der Waals surface area contributed by atoms with E-state index in [1.54, 1.807) is 6.92 Å². The van der Waals surface area contributed by atoms with Crippen LogP contribution in [-0.4, -0.2) is 55.8 Å². The van der Waals surface area contributed by atoms with Crippen molar-refractivity contribution in [2.75, 3.05) is 26.2 Å². The number of nitrogens with two attached hydrogens (primary N) is 1. The van der Waals surface area contributed by atoms with Crippen molar-refractivity contribution in [3.63, 3.8) is 0 Å². The Hall–Kier alpha value is -1.44. The van der Waals surface area contributed by atoms with Crippen molar-refractivity contribution in [2.45, 2.75) is 18.7 Å². The van der Waals surface area contributed by atoms with Crippen LogP contribution in [-0.2, 0) is 20.6 Å². The highest BCUT2D eigenvalue weighted by Crippen LogP contribution is 2.14. The van der Waals surface area contributed by atoms with Crippen LogP contribution in [0.15, 0.2) is 30.3 Å². The van der Waals surface area contributed by atoms with Gasteiger partial charge in [0.1, 0.15) is 0 Å². The Morgan fingerprint density at radius 3 is 2.29 bits per heavy atom. The van der Waals surface area contributed by atoms with E-state index in [4.69, 9.17) is 5.73 Å². The van der Waals surface area contributed by atoms with Gasteiger partial charge in [-0.3, -0.25) is 9.69 Å². The Bertz CT molecular complexity index is 581. The van der Waals surface area contributed by atoms with Gasteiger partial charge < -0.3 is 5.73 Å². The summed E-state index contributed by atoms with van der Waals surface area (Å²) in [6.45, 7) is 3.59. The second-order valence-electron chi connectivity index (χ2n) is 5.26. The maximum absolute atomic E-state index is 12.4. The van der Waals surface area contributed by atoms with E-state index in [9.17, 15) is 13.2 Å². The van der Waals surface area contributed by atoms with Crippen LogP contribution in [0.25, 0.3) is 0 Å². The number of nitrogens with zero attached hydrogens (tertiary/aromatic N) is 2. The molecule has 6 nitrogen and oxygen atoms in total. The van der Waals surface area contributed by atoms with Crippen molar-refractivity contribution >= 4 is 15.9 Å². The second-order valence-corrected chi connectivity index (χ2v) is 7.22. The molecule has 1 aromatic rings. The Balaban J connectivity index is 1.96. The summed E-state index contributed by atoms with van der Waals surface area (Å²) in [4.78, 5) is 13.1. The molecule has 0 bridgehead atoms. The van der Waals surface area contributed by atoms with Crippen molar-refractivity contribution in [1.82, 2.24) is 9.21 Å². The highest BCUT2D eigenvalue weighted by Gasteiger charge is 2.30. The van der Waals surface area contributed by atoms with E-state index in [2.05, 4.69) is 0 Å². The van der Waals surface area contributed by atoms with Crippen LogP contribution in [0.4, 0.5) is 0 Å². The van der Waals surface area contributed by atoms with Crippen LogP contribution < -0.4 is 5.73 Å². The third-order valence-corrected chi connectivity index (χ3v) is 5.67. The molecule has 1 heterocycles. The van der Waals surface area contributed by atoms with Crippen LogP contribution in [0.1, 0.15) is 12.5 Å². The largest absolute Gasteiger partial charge is 0.368 e. The predicted octanol–water partition coefficient (Wildman–Crippen LogP) is 0.00780. The summed E-state index contributed by atoms with van der Waals surface area (Å²) in [5.74, 6) is -0.366. The number of hydrogen-bond donors (Lipinski definition) is 1. The monoisotopic (exact) mass is 311 g/mol. The molecule has 21 heavy (non-hydrogen) atoms. The molecule has 1 fully saturated rings. The summed E-state index contributed by atoms with van der Waals surface area (Å²) in [5.41, 5.74) is 6.06. The highest BCUT2D eigenvalue weighted by molar-refractivity contribution is 7.88. The lowest BCUT2D eigenvalue weighted by Gasteiger charge is -2.36. The van der Waals surface area contributed by atoms with Crippen molar-refractivity contribution in [3.05, 3.63) is 35.9 Å². The van der Waals surface area contributed by atoms with E-state index in [1.807, 2.05) is 35.2 Å². The van der Waals surface area contributed by atoms with Crippen LogP contribution in [0.5, 0.6) is 0 Å². The van der Waals surface area contributed by atoms with Crippen LogP contribution in [0.3, 0.4) is 0 Å². The van der Waals surface area contributed by atoms with E-state index in [-0.39, 0.29) is 17.7 Å². The minimum absolute atomic E-state index is 0.0131. The molecule has 1 aliphatic heterocycles. The summed E-state index contributed by atoms with van der Waals surface area (Å²) >= 11 is 0. The van der Waals surface area contributed by atoms with Crippen molar-refractivity contribution in [1.29, 1.82) is 0 Å². The molecule has 7 heteroatoms. The summed E-state index contributed by atoms with van der Waals surface area (Å²) in [6.07, 6.45) is 0. The Labute approximate surface area is 125 Å². The minimum Gasteiger partial charge on any atom is -0.368 e. The molecule has 0 aromatic heterocycles. The molecule has 0 unspecified atom stereocenters. The number of sulfonamides is 1. The van der Waals surface area contributed by atoms with Gasteiger partial charge in [0, 0.05) is 26.2 Å². The van der Waals surface area contributed by atoms with Gasteiger partial charge in [-0.05, 0) is 12.5 Å². The van der Waals surface area contributed by atoms with Gasteiger partial charge >= 0.3 is 0 Å². The molecular formula is C14H21N3O3S. The number of amides is 1. The fourth-order valence-electron chi connectivity index (χ4n) is 2.43. The normalized spacial score (nSPS) is 19.3. The zero-order valence-electron chi connectivity index (χ0n) is 12.1. The molecular weight excluding hydrogens is 290 g/mol. The van der Waals surface area contributed by atoms with E-state index in [0.717, 1.165) is 5.56 Å². The van der Waals surface area contributed by atoms with Crippen molar-refractivity contribution in [3.8, 4) is 0 Å². The molecule has 1 atom stereocenters. The van der Waals surface area contributed by atoms with E-state index in [1.165, 1.54) is 4.31 Å². The molecule has 2 rings (SSSR count). The molecule has 116 valence electrons. The molecule has 1 aliphatic rings. The van der Waals surface area contributed by atoms with Gasteiger partial charge in [0.05, 0.1) is 11.8 Å². The first-order valence-electron chi connectivity index (χ1n) is 6.95. The maximum atomic E-state index is 12.4. The topological polar surface area (TPSA) is 83.7 Å². The summed E-state index contributed by atoms with van der Waals surface area (Å²) in [5, 5.41) is 0. The van der Waals surface area contributed by atoms with Gasteiger partial charge in [-0.15, -0.1) is 0 Å². The molecule has 2 N–H and O–H groups in total. The first-order valence-corrected chi connectivity index (χ1v) is 8.56. The van der Waals surface area contributed by atoms with E-state index < -0.39 is 10.0 Å². The number of rotatable bonds is 5. The van der Waals surface area contributed by atoms with Gasteiger partial charge in [0.15, 0.2) is 0 Å². The standard InChI is InChI=1S/C14H21N3O3S/c1-12(14(15)18)16-7-9-17(10-8-16)21(19,20)11-13-5-3-2-4-6-13/h2-6,12H,7-11H2,1H3,(H2,15,18)/t12-/m0/s1. The first-order chi connectivity index (χ1) is 9.90. The zero-order valence-corrected chi connectivity index (χ0v) is 12.9. The van der Waals surface area contributed by atoms with Crippen molar-refractivity contribution < 1.29 is 13.2 Å². The van der Waals surface area contributed by atoms with Crippen LogP contribution in [0, 0.1) is 0 Å². The Morgan fingerprint density at radius 1 is 1.19 bits per heavy atom. The minimum atomic E-state index is -3.32. The molecule has 0 spiro atoms. The number of hydrogen-bond acceptors (Lipinski definition) is 4. The maximum Gasteiger partial charge on any atom is 0.234 e. The number of piperazine rings is 1. The fourth-order valence-corrected chi connectivity index (χ4v) is 3.94. The second kappa shape index (κ2) is 6.55. The number of benzene rings is 1. The van der Waals surface area contributed by atoms with Gasteiger partial charge in [0.25, 0.3) is 0 Å². The van der Waals surface area contributed by atoms with Gasteiger partial charge in [-0.25, -0.2) is 8.42 Å². The summed E-state index contributed by atoms with van der Waals surface area (Å²) < 4.78 is 26.3. The molecule has 0 saturated carbocycles. The molecule has 0 radical (unpaired) electrons. The zero-order chi connectivity index (χ0) is 15.5. The van der Waals surface area contributed by atoms with E-state index >= 15 is 0 Å². The highest BCUT2D eigenvalue weighted by atomic mass is 32.2.